The van der Waals surface area contributed by atoms with Crippen molar-refractivity contribution in [2.45, 2.75) is 13.5 Å². The van der Waals surface area contributed by atoms with Gasteiger partial charge in [0.15, 0.2) is 0 Å². The summed E-state index contributed by atoms with van der Waals surface area (Å²) in [5.41, 5.74) is 1.53. The summed E-state index contributed by atoms with van der Waals surface area (Å²) < 4.78 is 35.2. The van der Waals surface area contributed by atoms with Gasteiger partial charge in [0.05, 0.1) is 18.3 Å². The standard InChI is InChI=1S/C19H16F2N2O3S/c1-11-22-10-17(27-11)18(24)23-13-5-8-16(26-19(20)21)15(9-13)12-3-6-14(25-2)7-4-12/h3-10,19H,1-2H3,(H,23,24). The van der Waals surface area contributed by atoms with Gasteiger partial charge < -0.3 is 14.8 Å². The molecule has 0 atom stereocenters. The van der Waals surface area contributed by atoms with Gasteiger partial charge in [-0.15, -0.1) is 11.3 Å². The largest absolute Gasteiger partial charge is 0.497 e. The number of aryl methyl sites for hydroxylation is 1. The van der Waals surface area contributed by atoms with Crippen LogP contribution in [0.5, 0.6) is 11.5 Å². The Morgan fingerprint density at radius 1 is 1.19 bits per heavy atom. The van der Waals surface area contributed by atoms with Crippen molar-refractivity contribution in [2.75, 3.05) is 12.4 Å². The van der Waals surface area contributed by atoms with Gasteiger partial charge in [-0.1, -0.05) is 12.1 Å². The van der Waals surface area contributed by atoms with E-state index in [1.54, 1.807) is 37.3 Å². The van der Waals surface area contributed by atoms with Crippen LogP contribution < -0.4 is 14.8 Å². The normalized spacial score (nSPS) is 10.7. The molecule has 2 aromatic carbocycles. The van der Waals surface area contributed by atoms with Gasteiger partial charge in [-0.2, -0.15) is 8.78 Å². The maximum atomic E-state index is 12.8. The first-order valence-electron chi connectivity index (χ1n) is 7.93. The fourth-order valence-electron chi connectivity index (χ4n) is 2.46. The van der Waals surface area contributed by atoms with Crippen LogP contribution in [0.1, 0.15) is 14.7 Å². The molecule has 3 rings (SSSR count). The second kappa shape index (κ2) is 8.13. The first-order valence-corrected chi connectivity index (χ1v) is 8.75. The number of anilines is 1. The van der Waals surface area contributed by atoms with Gasteiger partial charge in [-0.3, -0.25) is 4.79 Å². The van der Waals surface area contributed by atoms with Gasteiger partial charge in [0.2, 0.25) is 0 Å². The maximum absolute atomic E-state index is 12.8. The molecule has 0 spiro atoms. The van der Waals surface area contributed by atoms with Gasteiger partial charge in [0, 0.05) is 11.3 Å². The molecule has 1 N–H and O–H groups in total. The summed E-state index contributed by atoms with van der Waals surface area (Å²) in [6, 6.07) is 11.4. The van der Waals surface area contributed by atoms with Gasteiger partial charge in [0.25, 0.3) is 5.91 Å². The van der Waals surface area contributed by atoms with Gasteiger partial charge >= 0.3 is 6.61 Å². The number of alkyl halides is 2. The van der Waals surface area contributed by atoms with E-state index in [1.807, 2.05) is 0 Å². The molecule has 0 saturated carbocycles. The van der Waals surface area contributed by atoms with E-state index in [0.29, 0.717) is 27.4 Å². The van der Waals surface area contributed by atoms with Crippen LogP contribution in [0.3, 0.4) is 0 Å². The average molecular weight is 390 g/mol. The third-order valence-electron chi connectivity index (χ3n) is 3.70. The second-order valence-corrected chi connectivity index (χ2v) is 6.75. The highest BCUT2D eigenvalue weighted by molar-refractivity contribution is 7.13. The average Bonchev–Trinajstić information content (AvgIpc) is 3.09. The minimum Gasteiger partial charge on any atom is -0.497 e. The number of benzene rings is 2. The van der Waals surface area contributed by atoms with Crippen LogP contribution in [0, 0.1) is 6.92 Å². The number of amides is 1. The van der Waals surface area contributed by atoms with E-state index in [0.717, 1.165) is 5.01 Å². The highest BCUT2D eigenvalue weighted by Crippen LogP contribution is 2.34. The van der Waals surface area contributed by atoms with E-state index >= 15 is 0 Å². The van der Waals surface area contributed by atoms with Crippen molar-refractivity contribution in [1.29, 1.82) is 0 Å². The number of carbonyl (C=O) groups is 1. The Labute approximate surface area is 158 Å². The quantitative estimate of drug-likeness (QED) is 0.645. The minimum absolute atomic E-state index is 0.0156. The smallest absolute Gasteiger partial charge is 0.387 e. The molecule has 1 amide bonds. The Kier molecular flexibility index (Phi) is 5.66. The fraction of sp³-hybridized carbons (Fsp3) is 0.158. The molecule has 8 heteroatoms. The lowest BCUT2D eigenvalue weighted by atomic mass is 10.0. The van der Waals surface area contributed by atoms with E-state index in [2.05, 4.69) is 15.0 Å². The number of halogens is 2. The highest BCUT2D eigenvalue weighted by Gasteiger charge is 2.15. The van der Waals surface area contributed by atoms with Crippen molar-refractivity contribution >= 4 is 22.9 Å². The van der Waals surface area contributed by atoms with E-state index in [-0.39, 0.29) is 11.7 Å². The number of ether oxygens (including phenoxy) is 2. The molecule has 0 aliphatic rings. The van der Waals surface area contributed by atoms with E-state index in [1.165, 1.54) is 36.8 Å². The molecule has 3 aromatic rings. The minimum atomic E-state index is -2.96. The Morgan fingerprint density at radius 3 is 2.52 bits per heavy atom. The molecule has 0 aliphatic carbocycles. The van der Waals surface area contributed by atoms with Crippen molar-refractivity contribution in [2.24, 2.45) is 0 Å². The zero-order chi connectivity index (χ0) is 19.4. The predicted molar refractivity (Wildman–Crippen MR) is 99.9 cm³/mol. The zero-order valence-electron chi connectivity index (χ0n) is 14.5. The summed E-state index contributed by atoms with van der Waals surface area (Å²) in [6.45, 7) is -1.15. The summed E-state index contributed by atoms with van der Waals surface area (Å²) in [5, 5.41) is 3.53. The number of nitrogens with zero attached hydrogens (tertiary/aromatic N) is 1. The summed E-state index contributed by atoms with van der Waals surface area (Å²) in [5.74, 6) is 0.339. The number of carbonyl (C=O) groups excluding carboxylic acids is 1. The lowest BCUT2D eigenvalue weighted by Gasteiger charge is -2.13. The zero-order valence-corrected chi connectivity index (χ0v) is 15.3. The molecule has 1 heterocycles. The number of methoxy groups -OCH3 is 1. The molecule has 1 aromatic heterocycles. The third kappa shape index (κ3) is 4.59. The number of aromatic nitrogens is 1. The molecule has 140 valence electrons. The van der Waals surface area contributed by atoms with Crippen LogP contribution >= 0.6 is 11.3 Å². The van der Waals surface area contributed by atoms with E-state index in [4.69, 9.17) is 4.74 Å². The van der Waals surface area contributed by atoms with Crippen molar-refractivity contribution in [3.05, 3.63) is 58.5 Å². The van der Waals surface area contributed by atoms with Crippen molar-refractivity contribution in [1.82, 2.24) is 4.98 Å². The fourth-order valence-corrected chi connectivity index (χ4v) is 3.13. The number of rotatable bonds is 6. The van der Waals surface area contributed by atoms with Crippen LogP contribution in [0.2, 0.25) is 0 Å². The monoisotopic (exact) mass is 390 g/mol. The Balaban J connectivity index is 1.93. The molecule has 0 radical (unpaired) electrons. The highest BCUT2D eigenvalue weighted by atomic mass is 32.1. The van der Waals surface area contributed by atoms with Crippen LogP contribution in [0.15, 0.2) is 48.7 Å². The summed E-state index contributed by atoms with van der Waals surface area (Å²) in [4.78, 5) is 16.8. The first-order chi connectivity index (χ1) is 13.0. The maximum Gasteiger partial charge on any atom is 0.387 e. The van der Waals surface area contributed by atoms with E-state index in [9.17, 15) is 13.6 Å². The van der Waals surface area contributed by atoms with Crippen LogP contribution in [-0.2, 0) is 0 Å². The number of nitrogens with one attached hydrogen (secondary N) is 1. The lowest BCUT2D eigenvalue weighted by molar-refractivity contribution is -0.0494. The van der Waals surface area contributed by atoms with Crippen LogP contribution in [-0.4, -0.2) is 24.6 Å². The lowest BCUT2D eigenvalue weighted by Crippen LogP contribution is -2.10. The van der Waals surface area contributed by atoms with Gasteiger partial charge in [-0.05, 0) is 42.8 Å². The molecule has 0 fully saturated rings. The number of hydrogen-bond acceptors (Lipinski definition) is 5. The molecule has 0 aliphatic heterocycles. The SMILES string of the molecule is COc1ccc(-c2cc(NC(=O)c3cnc(C)s3)ccc2OC(F)F)cc1. The summed E-state index contributed by atoms with van der Waals surface area (Å²) in [7, 11) is 1.54. The summed E-state index contributed by atoms with van der Waals surface area (Å²) >= 11 is 1.27. The Bertz CT molecular complexity index is 942. The second-order valence-electron chi connectivity index (χ2n) is 5.52. The van der Waals surface area contributed by atoms with Crippen molar-refractivity contribution < 1.29 is 23.0 Å². The molecular weight excluding hydrogens is 374 g/mol. The summed E-state index contributed by atoms with van der Waals surface area (Å²) in [6.07, 6.45) is 1.49. The van der Waals surface area contributed by atoms with Crippen molar-refractivity contribution in [3.63, 3.8) is 0 Å². The molecule has 27 heavy (non-hydrogen) atoms. The Hall–Kier alpha value is -3.00. The van der Waals surface area contributed by atoms with Crippen LogP contribution in [0.4, 0.5) is 14.5 Å². The molecular formula is C19H16F2N2O3S. The van der Waals surface area contributed by atoms with Gasteiger partial charge in [0.1, 0.15) is 16.4 Å². The van der Waals surface area contributed by atoms with Gasteiger partial charge in [-0.25, -0.2) is 4.98 Å². The predicted octanol–water partition coefficient (Wildman–Crippen LogP) is 4.98. The molecule has 0 saturated heterocycles. The first kappa shape index (κ1) is 18.8. The number of thiazole rings is 1. The van der Waals surface area contributed by atoms with E-state index < -0.39 is 6.61 Å². The third-order valence-corrected chi connectivity index (χ3v) is 4.61. The topological polar surface area (TPSA) is 60.5 Å². The van der Waals surface area contributed by atoms with Crippen LogP contribution in [0.25, 0.3) is 11.1 Å². The number of hydrogen-bond donors (Lipinski definition) is 1. The molecule has 0 bridgehead atoms. The molecule has 5 nitrogen and oxygen atoms in total. The molecule has 0 unspecified atom stereocenters. The van der Waals surface area contributed by atoms with Crippen molar-refractivity contribution in [3.8, 4) is 22.6 Å². The Morgan fingerprint density at radius 2 is 1.93 bits per heavy atom.